The molecule has 0 aliphatic rings. The fraction of sp³-hybridized carbons (Fsp3) is 0.250. The number of carbonyl (C=O) groups is 1. The lowest BCUT2D eigenvalue weighted by Crippen LogP contribution is -2.20. The molecule has 2 rings (SSSR count). The molecule has 0 atom stereocenters. The normalized spacial score (nSPS) is 11.4. The van der Waals surface area contributed by atoms with E-state index < -0.39 is 12.1 Å². The molecule has 4 nitrogen and oxygen atoms in total. The van der Waals surface area contributed by atoms with Gasteiger partial charge < -0.3 is 9.30 Å². The summed E-state index contributed by atoms with van der Waals surface area (Å²) in [7, 11) is 1.56. The summed E-state index contributed by atoms with van der Waals surface area (Å²) in [5.74, 6) is -0.573. The van der Waals surface area contributed by atoms with Crippen LogP contribution in [0.3, 0.4) is 0 Å². The summed E-state index contributed by atoms with van der Waals surface area (Å²) in [6, 6.07) is 3.91. The number of halogens is 3. The van der Waals surface area contributed by atoms with Gasteiger partial charge in [-0.2, -0.15) is 0 Å². The lowest BCUT2D eigenvalue weighted by molar-refractivity contribution is -0.274. The van der Waals surface area contributed by atoms with Crippen LogP contribution in [0.25, 0.3) is 11.1 Å². The fourth-order valence-corrected chi connectivity index (χ4v) is 2.28. The Morgan fingerprint density at radius 2 is 1.83 bits per heavy atom. The van der Waals surface area contributed by atoms with E-state index in [1.165, 1.54) is 22.9 Å². The van der Waals surface area contributed by atoms with Gasteiger partial charge >= 0.3 is 6.36 Å². The van der Waals surface area contributed by atoms with Crippen LogP contribution >= 0.6 is 0 Å². The molecule has 0 amide bonds. The van der Waals surface area contributed by atoms with Crippen molar-refractivity contribution >= 4 is 6.29 Å². The zero-order valence-electron chi connectivity index (χ0n) is 12.7. The van der Waals surface area contributed by atoms with Crippen molar-refractivity contribution < 1.29 is 22.7 Å². The van der Waals surface area contributed by atoms with E-state index in [0.29, 0.717) is 28.5 Å². The monoisotopic (exact) mass is 325 g/mol. The van der Waals surface area contributed by atoms with Gasteiger partial charge in [-0.25, -0.2) is 0 Å². The highest BCUT2D eigenvalue weighted by Crippen LogP contribution is 2.32. The summed E-state index contributed by atoms with van der Waals surface area (Å²) in [5, 5.41) is 0. The fourth-order valence-electron chi connectivity index (χ4n) is 2.28. The maximum atomic E-state index is 12.5. The van der Waals surface area contributed by atoms with Crippen LogP contribution in [0.5, 0.6) is 5.75 Å². The van der Waals surface area contributed by atoms with E-state index in [1.807, 2.05) is 0 Å². The van der Waals surface area contributed by atoms with Crippen LogP contribution in [0.4, 0.5) is 13.2 Å². The third-order valence-electron chi connectivity index (χ3n) is 3.61. The van der Waals surface area contributed by atoms with E-state index in [1.54, 1.807) is 20.9 Å². The average Bonchev–Trinajstić information content (AvgIpc) is 2.47. The van der Waals surface area contributed by atoms with Crippen molar-refractivity contribution in [3.8, 4) is 16.9 Å². The molecule has 1 heterocycles. The number of benzene rings is 1. The minimum atomic E-state index is -4.90. The Kier molecular flexibility index (Phi) is 4.31. The second kappa shape index (κ2) is 5.91. The Labute approximate surface area is 130 Å². The molecular weight excluding hydrogens is 311 g/mol. The molecule has 0 unspecified atom stereocenters. The van der Waals surface area contributed by atoms with Crippen LogP contribution in [0.2, 0.25) is 0 Å². The van der Waals surface area contributed by atoms with Crippen molar-refractivity contribution in [2.75, 3.05) is 0 Å². The van der Waals surface area contributed by atoms with Gasteiger partial charge in [-0.15, -0.1) is 13.2 Å². The molecule has 2 aromatic rings. The zero-order valence-corrected chi connectivity index (χ0v) is 12.7. The smallest absolute Gasteiger partial charge is 0.405 e. The van der Waals surface area contributed by atoms with Crippen LogP contribution in [-0.4, -0.2) is 17.2 Å². The van der Waals surface area contributed by atoms with Gasteiger partial charge in [0.25, 0.3) is 5.56 Å². The number of hydrogen-bond acceptors (Lipinski definition) is 3. The van der Waals surface area contributed by atoms with Crippen LogP contribution in [0.1, 0.15) is 21.5 Å². The van der Waals surface area contributed by atoms with Crippen molar-refractivity contribution in [3.05, 3.63) is 51.4 Å². The minimum absolute atomic E-state index is 0.178. The highest BCUT2D eigenvalue weighted by Gasteiger charge is 2.32. The van der Waals surface area contributed by atoms with Crippen molar-refractivity contribution in [1.29, 1.82) is 0 Å². The molecule has 7 heteroatoms. The van der Waals surface area contributed by atoms with E-state index in [2.05, 4.69) is 4.74 Å². The lowest BCUT2D eigenvalue weighted by Gasteiger charge is -2.15. The van der Waals surface area contributed by atoms with E-state index >= 15 is 0 Å². The van der Waals surface area contributed by atoms with E-state index in [9.17, 15) is 22.8 Å². The van der Waals surface area contributed by atoms with Gasteiger partial charge in [0.15, 0.2) is 6.29 Å². The average molecular weight is 325 g/mol. The first-order valence-electron chi connectivity index (χ1n) is 6.66. The van der Waals surface area contributed by atoms with Crippen LogP contribution in [0, 0.1) is 13.8 Å². The summed E-state index contributed by atoms with van der Waals surface area (Å²) in [6.07, 6.45) is -3.06. The first-order valence-corrected chi connectivity index (χ1v) is 6.66. The molecular formula is C16H14F3NO3. The Morgan fingerprint density at radius 3 is 2.39 bits per heavy atom. The van der Waals surface area contributed by atoms with E-state index in [0.717, 1.165) is 6.07 Å². The third kappa shape index (κ3) is 3.44. The minimum Gasteiger partial charge on any atom is -0.405 e. The number of pyridine rings is 1. The van der Waals surface area contributed by atoms with Gasteiger partial charge in [0.1, 0.15) is 5.75 Å². The third-order valence-corrected chi connectivity index (χ3v) is 3.61. The molecule has 1 aromatic carbocycles. The highest BCUT2D eigenvalue weighted by molar-refractivity contribution is 5.82. The number of nitrogens with zero attached hydrogens (tertiary/aromatic N) is 1. The Bertz CT molecular complexity index is 823. The number of aromatic nitrogens is 1. The summed E-state index contributed by atoms with van der Waals surface area (Å²) in [6.45, 7) is 3.36. The Morgan fingerprint density at radius 1 is 1.17 bits per heavy atom. The SMILES string of the molecule is Cc1c(-c2ccc(C=O)c(OC(F)(F)F)c2)cn(C)c(=O)c1C. The van der Waals surface area contributed by atoms with Gasteiger partial charge in [0.05, 0.1) is 5.56 Å². The van der Waals surface area contributed by atoms with Gasteiger partial charge in [-0.3, -0.25) is 9.59 Å². The number of hydrogen-bond donors (Lipinski definition) is 0. The number of aryl methyl sites for hydroxylation is 1. The van der Waals surface area contributed by atoms with Crippen molar-refractivity contribution in [1.82, 2.24) is 4.57 Å². The van der Waals surface area contributed by atoms with Crippen LogP contribution in [-0.2, 0) is 7.05 Å². The number of ether oxygens (including phenoxy) is 1. The Balaban J connectivity index is 2.64. The Hall–Kier alpha value is -2.57. The predicted octanol–water partition coefficient (Wildman–Crippen LogP) is 3.38. The summed E-state index contributed by atoms with van der Waals surface area (Å²) in [5.41, 5.74) is 1.79. The molecule has 1 aromatic heterocycles. The number of aldehydes is 1. The maximum Gasteiger partial charge on any atom is 0.573 e. The first kappa shape index (κ1) is 16.8. The second-order valence-electron chi connectivity index (χ2n) is 5.13. The number of carbonyl (C=O) groups excluding carboxylic acids is 1. The molecule has 0 spiro atoms. The molecule has 23 heavy (non-hydrogen) atoms. The van der Waals surface area contributed by atoms with Crippen LogP contribution < -0.4 is 10.3 Å². The van der Waals surface area contributed by atoms with Crippen molar-refractivity contribution in [2.24, 2.45) is 7.05 Å². The van der Waals surface area contributed by atoms with E-state index in [4.69, 9.17) is 0 Å². The number of rotatable bonds is 3. The number of alkyl halides is 3. The molecule has 0 fully saturated rings. The maximum absolute atomic E-state index is 12.5. The predicted molar refractivity (Wildman–Crippen MR) is 78.7 cm³/mol. The quantitative estimate of drug-likeness (QED) is 0.813. The van der Waals surface area contributed by atoms with Crippen LogP contribution in [0.15, 0.2) is 29.2 Å². The van der Waals surface area contributed by atoms with Gasteiger partial charge in [0, 0.05) is 24.4 Å². The molecule has 0 saturated carbocycles. The van der Waals surface area contributed by atoms with Gasteiger partial charge in [-0.1, -0.05) is 6.07 Å². The van der Waals surface area contributed by atoms with Gasteiger partial charge in [0.2, 0.25) is 0 Å². The topological polar surface area (TPSA) is 48.3 Å². The molecule has 0 saturated heterocycles. The largest absolute Gasteiger partial charge is 0.573 e. The summed E-state index contributed by atoms with van der Waals surface area (Å²) < 4.78 is 42.7. The van der Waals surface area contributed by atoms with Crippen molar-refractivity contribution in [2.45, 2.75) is 20.2 Å². The standard InChI is InChI=1S/C16H14F3NO3/c1-9-10(2)15(22)20(3)7-13(9)11-4-5-12(8-21)14(6-11)23-16(17,18)19/h4-8H,1-3H3. The van der Waals surface area contributed by atoms with E-state index in [-0.39, 0.29) is 11.1 Å². The summed E-state index contributed by atoms with van der Waals surface area (Å²) in [4.78, 5) is 22.8. The highest BCUT2D eigenvalue weighted by atomic mass is 19.4. The molecule has 0 radical (unpaired) electrons. The molecule has 0 aliphatic carbocycles. The molecule has 0 bridgehead atoms. The summed E-state index contributed by atoms with van der Waals surface area (Å²) >= 11 is 0. The zero-order chi connectivity index (χ0) is 17.4. The lowest BCUT2D eigenvalue weighted by atomic mass is 9.98. The molecule has 0 N–H and O–H groups in total. The van der Waals surface area contributed by atoms with Crippen molar-refractivity contribution in [3.63, 3.8) is 0 Å². The van der Waals surface area contributed by atoms with Gasteiger partial charge in [-0.05, 0) is 37.1 Å². The second-order valence-corrected chi connectivity index (χ2v) is 5.13. The molecule has 122 valence electrons. The molecule has 0 aliphatic heterocycles. The first-order chi connectivity index (χ1) is 10.6.